The van der Waals surface area contributed by atoms with Crippen LogP contribution in [-0.4, -0.2) is 36.1 Å². The topological polar surface area (TPSA) is 41.5 Å². The summed E-state index contributed by atoms with van der Waals surface area (Å²) in [6, 6.07) is 4.21. The quantitative estimate of drug-likeness (QED) is 0.808. The van der Waals surface area contributed by atoms with E-state index >= 15 is 0 Å². The molecule has 1 heterocycles. The Labute approximate surface area is 152 Å². The van der Waals surface area contributed by atoms with Gasteiger partial charge in [0.15, 0.2) is 0 Å². The molecule has 1 fully saturated rings. The lowest BCUT2D eigenvalue weighted by Crippen LogP contribution is -2.47. The molecule has 1 spiro atoms. The number of hydrogen-bond donors (Lipinski definition) is 2. The van der Waals surface area contributed by atoms with Crippen molar-refractivity contribution in [1.82, 2.24) is 5.32 Å². The summed E-state index contributed by atoms with van der Waals surface area (Å²) >= 11 is 0. The van der Waals surface area contributed by atoms with E-state index in [0.717, 1.165) is 22.3 Å². The Hall–Kier alpha value is -1.53. The summed E-state index contributed by atoms with van der Waals surface area (Å²) in [5, 5.41) is 14.4. The maximum Gasteiger partial charge on any atom is 0.411 e. The number of nitrogens with one attached hydrogen (secondary N) is 1. The number of hydrogen-bond acceptors (Lipinski definition) is 3. The van der Waals surface area contributed by atoms with E-state index in [9.17, 15) is 18.3 Å². The number of halogens is 3. The molecule has 0 bridgehead atoms. The van der Waals surface area contributed by atoms with Gasteiger partial charge >= 0.3 is 6.18 Å². The van der Waals surface area contributed by atoms with Gasteiger partial charge in [0.05, 0.1) is 11.6 Å². The molecule has 1 aliphatic heterocycles. The fourth-order valence-electron chi connectivity index (χ4n) is 4.45. The molecular formula is C20H26F3NO2. The third-order valence-corrected chi connectivity index (χ3v) is 5.59. The van der Waals surface area contributed by atoms with Crippen LogP contribution in [0.4, 0.5) is 13.2 Å². The maximum atomic E-state index is 12.3. The van der Waals surface area contributed by atoms with E-state index in [0.29, 0.717) is 38.0 Å². The summed E-state index contributed by atoms with van der Waals surface area (Å²) in [6.07, 6.45) is -2.53. The molecule has 0 unspecified atom stereocenters. The Kier molecular flexibility index (Phi) is 5.10. The van der Waals surface area contributed by atoms with Crippen molar-refractivity contribution in [3.63, 3.8) is 0 Å². The van der Waals surface area contributed by atoms with E-state index in [2.05, 4.69) is 24.4 Å². The smallest absolute Gasteiger partial charge is 0.411 e. The average molecular weight is 369 g/mol. The van der Waals surface area contributed by atoms with E-state index < -0.39 is 24.4 Å². The van der Waals surface area contributed by atoms with Gasteiger partial charge in [-0.05, 0) is 63.1 Å². The van der Waals surface area contributed by atoms with Crippen LogP contribution in [0.5, 0.6) is 0 Å². The lowest BCUT2D eigenvalue weighted by molar-refractivity contribution is -0.188. The fourth-order valence-corrected chi connectivity index (χ4v) is 4.45. The van der Waals surface area contributed by atoms with Gasteiger partial charge < -0.3 is 15.2 Å². The SMILES string of the molecule is Cc1cc(C)c(C2=C(O)C3(CCC(OCC(F)(F)F)CC3)NC2)c(C)c1. The van der Waals surface area contributed by atoms with Crippen LogP contribution in [0.3, 0.4) is 0 Å². The van der Waals surface area contributed by atoms with Gasteiger partial charge in [0.25, 0.3) is 0 Å². The number of ether oxygens (including phenoxy) is 1. The predicted octanol–water partition coefficient (Wildman–Crippen LogP) is 4.74. The van der Waals surface area contributed by atoms with Crippen molar-refractivity contribution in [3.8, 4) is 0 Å². The second-order valence-electron chi connectivity index (χ2n) is 7.66. The normalized spacial score (nSPS) is 26.8. The van der Waals surface area contributed by atoms with Gasteiger partial charge in [-0.2, -0.15) is 13.2 Å². The highest BCUT2D eigenvalue weighted by molar-refractivity contribution is 5.77. The van der Waals surface area contributed by atoms with Gasteiger partial charge in [0.1, 0.15) is 12.4 Å². The van der Waals surface area contributed by atoms with Gasteiger partial charge in [-0.1, -0.05) is 17.7 Å². The number of rotatable bonds is 3. The molecule has 3 nitrogen and oxygen atoms in total. The Morgan fingerprint density at radius 2 is 1.73 bits per heavy atom. The minimum Gasteiger partial charge on any atom is -0.510 e. The highest BCUT2D eigenvalue weighted by Gasteiger charge is 2.45. The molecule has 0 radical (unpaired) electrons. The molecule has 144 valence electrons. The van der Waals surface area contributed by atoms with Gasteiger partial charge in [-0.3, -0.25) is 0 Å². The summed E-state index contributed by atoms with van der Waals surface area (Å²) in [6.45, 7) is 5.51. The van der Waals surface area contributed by atoms with E-state index in [-0.39, 0.29) is 0 Å². The van der Waals surface area contributed by atoms with Crippen LogP contribution in [-0.2, 0) is 4.74 Å². The number of aliphatic hydroxyl groups excluding tert-OH is 1. The zero-order valence-electron chi connectivity index (χ0n) is 15.5. The molecule has 2 aliphatic rings. The van der Waals surface area contributed by atoms with Crippen LogP contribution < -0.4 is 5.32 Å². The number of aryl methyl sites for hydroxylation is 3. The molecule has 0 saturated heterocycles. The molecule has 0 amide bonds. The Balaban J connectivity index is 1.76. The molecule has 26 heavy (non-hydrogen) atoms. The van der Waals surface area contributed by atoms with E-state index in [1.54, 1.807) is 0 Å². The van der Waals surface area contributed by atoms with Crippen molar-refractivity contribution in [1.29, 1.82) is 0 Å². The minimum atomic E-state index is -4.30. The first-order valence-corrected chi connectivity index (χ1v) is 9.05. The van der Waals surface area contributed by atoms with Crippen LogP contribution in [0.25, 0.3) is 5.57 Å². The van der Waals surface area contributed by atoms with Crippen molar-refractivity contribution in [3.05, 3.63) is 40.1 Å². The highest BCUT2D eigenvalue weighted by atomic mass is 19.4. The second-order valence-corrected chi connectivity index (χ2v) is 7.66. The van der Waals surface area contributed by atoms with Gasteiger partial charge in [0.2, 0.25) is 0 Å². The summed E-state index contributed by atoms with van der Waals surface area (Å²) < 4.78 is 42.0. The third kappa shape index (κ3) is 3.76. The first-order chi connectivity index (χ1) is 12.1. The molecule has 6 heteroatoms. The summed E-state index contributed by atoms with van der Waals surface area (Å²) in [5.41, 5.74) is 4.90. The largest absolute Gasteiger partial charge is 0.510 e. The number of benzene rings is 1. The summed E-state index contributed by atoms with van der Waals surface area (Å²) in [7, 11) is 0. The summed E-state index contributed by atoms with van der Waals surface area (Å²) in [4.78, 5) is 0. The van der Waals surface area contributed by atoms with Crippen LogP contribution in [0.1, 0.15) is 47.9 Å². The van der Waals surface area contributed by atoms with Crippen LogP contribution in [0.2, 0.25) is 0 Å². The Bertz CT molecular complexity index is 693. The second kappa shape index (κ2) is 6.89. The zero-order chi connectivity index (χ0) is 19.1. The number of alkyl halides is 3. The molecule has 1 aromatic carbocycles. The molecule has 1 saturated carbocycles. The van der Waals surface area contributed by atoms with Crippen LogP contribution in [0, 0.1) is 20.8 Å². The van der Waals surface area contributed by atoms with E-state index in [1.165, 1.54) is 5.56 Å². The van der Waals surface area contributed by atoms with Gasteiger partial charge in [-0.15, -0.1) is 0 Å². The third-order valence-electron chi connectivity index (χ3n) is 5.59. The minimum absolute atomic E-state index is 0.349. The first kappa shape index (κ1) is 19.2. The molecule has 1 aromatic rings. The monoisotopic (exact) mass is 369 g/mol. The summed E-state index contributed by atoms with van der Waals surface area (Å²) in [5.74, 6) is 0.349. The van der Waals surface area contributed by atoms with Gasteiger partial charge in [-0.25, -0.2) is 0 Å². The van der Waals surface area contributed by atoms with Crippen molar-refractivity contribution >= 4 is 5.57 Å². The van der Waals surface area contributed by atoms with Crippen LogP contribution >= 0.6 is 0 Å². The lowest BCUT2D eigenvalue weighted by Gasteiger charge is -2.37. The van der Waals surface area contributed by atoms with Gasteiger partial charge in [0, 0.05) is 12.1 Å². The van der Waals surface area contributed by atoms with Crippen molar-refractivity contribution < 1.29 is 23.0 Å². The molecule has 1 aliphatic carbocycles. The van der Waals surface area contributed by atoms with E-state index in [1.807, 2.05) is 13.8 Å². The Morgan fingerprint density at radius 1 is 1.15 bits per heavy atom. The molecule has 0 aromatic heterocycles. The van der Waals surface area contributed by atoms with Crippen molar-refractivity contribution in [2.45, 2.75) is 64.3 Å². The van der Waals surface area contributed by atoms with Crippen molar-refractivity contribution in [2.24, 2.45) is 0 Å². The highest BCUT2D eigenvalue weighted by Crippen LogP contribution is 2.42. The standard InChI is InChI=1S/C20H26F3NO2/c1-12-8-13(2)17(14(3)9-12)16-10-24-19(18(16)25)6-4-15(5-7-19)26-11-20(21,22)23/h8-9,15,24-25H,4-7,10-11H2,1-3H3. The lowest BCUT2D eigenvalue weighted by atomic mass is 9.79. The molecule has 2 N–H and O–H groups in total. The number of aliphatic hydroxyl groups is 1. The average Bonchev–Trinajstić information content (AvgIpc) is 2.83. The Morgan fingerprint density at radius 3 is 2.27 bits per heavy atom. The molecule has 3 rings (SSSR count). The maximum absolute atomic E-state index is 12.3. The van der Waals surface area contributed by atoms with Crippen LogP contribution in [0.15, 0.2) is 17.9 Å². The zero-order valence-corrected chi connectivity index (χ0v) is 15.5. The first-order valence-electron chi connectivity index (χ1n) is 9.05. The van der Waals surface area contributed by atoms with E-state index in [4.69, 9.17) is 4.74 Å². The molecule has 0 atom stereocenters. The van der Waals surface area contributed by atoms with Crippen molar-refractivity contribution in [2.75, 3.05) is 13.2 Å². The fraction of sp³-hybridized carbons (Fsp3) is 0.600. The molecular weight excluding hydrogens is 343 g/mol. The predicted molar refractivity (Wildman–Crippen MR) is 95.2 cm³/mol.